The highest BCUT2D eigenvalue weighted by Gasteiger charge is 2.52. The lowest BCUT2D eigenvalue weighted by Gasteiger charge is -2.40. The molecule has 2 aromatic rings. The molecule has 0 saturated carbocycles. The molecule has 0 amide bonds. The molecule has 2 aliphatic rings. The molecule has 10 nitrogen and oxygen atoms in total. The lowest BCUT2D eigenvalue weighted by Crippen LogP contribution is -2.49. The summed E-state index contributed by atoms with van der Waals surface area (Å²) >= 11 is 0. The van der Waals surface area contributed by atoms with E-state index < -0.39 is 41.5 Å². The summed E-state index contributed by atoms with van der Waals surface area (Å²) in [6.45, 7) is 10.1. The first kappa shape index (κ1) is 24.8. The molecule has 1 saturated heterocycles. The van der Waals surface area contributed by atoms with E-state index in [-0.39, 0.29) is 17.4 Å². The smallest absolute Gasteiger partial charge is 0.327 e. The minimum atomic E-state index is -2.70. The van der Waals surface area contributed by atoms with Gasteiger partial charge in [0.05, 0.1) is 12.0 Å². The highest BCUT2D eigenvalue weighted by Crippen LogP contribution is 2.46. The van der Waals surface area contributed by atoms with Gasteiger partial charge in [0.1, 0.15) is 36.0 Å². The van der Waals surface area contributed by atoms with Crippen LogP contribution in [0.25, 0.3) is 11.0 Å². The van der Waals surface area contributed by atoms with Crippen molar-refractivity contribution in [3.05, 3.63) is 23.8 Å². The van der Waals surface area contributed by atoms with Gasteiger partial charge in [-0.05, 0) is 36.5 Å². The Labute approximate surface area is 195 Å². The third kappa shape index (κ3) is 4.53. The molecule has 0 bridgehead atoms. The largest absolute Gasteiger partial charge is 0.407 e. The number of aliphatic hydroxyl groups excluding tert-OH is 1. The van der Waals surface area contributed by atoms with Crippen molar-refractivity contribution in [2.75, 3.05) is 6.61 Å². The molecule has 1 fully saturated rings. The van der Waals surface area contributed by atoms with Crippen molar-refractivity contribution >= 4 is 33.7 Å². The summed E-state index contributed by atoms with van der Waals surface area (Å²) in [5.74, 6) is -0.0130. The van der Waals surface area contributed by atoms with E-state index in [1.807, 2.05) is 10.8 Å². The van der Waals surface area contributed by atoms with Crippen LogP contribution < -0.4 is 0 Å². The standard InChI is InChI=1S/C21H32N3O7PSi/c1-21(2,3)33(4,5)31-18-17(30-32(27)28)14(10-25)29-20(18)24-9-12-7-6-8-13(26)16-15(12)19(24)23-11-22-16/h9,11,14,17-18,20,25,27-28H,6-8,10H2,1-5H3/t14-,17-,18-,20-/m1/s1. The van der Waals surface area contributed by atoms with Gasteiger partial charge >= 0.3 is 8.60 Å². The van der Waals surface area contributed by atoms with E-state index in [0.717, 1.165) is 5.56 Å². The lowest BCUT2D eigenvalue weighted by atomic mass is 10.1. The van der Waals surface area contributed by atoms with Crippen molar-refractivity contribution in [2.24, 2.45) is 0 Å². The first-order valence-electron chi connectivity index (χ1n) is 11.1. The second-order valence-corrected chi connectivity index (χ2v) is 15.6. The van der Waals surface area contributed by atoms with Gasteiger partial charge in [0.15, 0.2) is 20.3 Å². The number of carbonyl (C=O) groups excluding carboxylic acids is 1. The average molecular weight is 498 g/mol. The van der Waals surface area contributed by atoms with Crippen molar-refractivity contribution < 1.29 is 33.4 Å². The van der Waals surface area contributed by atoms with Gasteiger partial charge in [-0.3, -0.25) is 4.79 Å². The van der Waals surface area contributed by atoms with Gasteiger partial charge in [-0.25, -0.2) is 9.97 Å². The van der Waals surface area contributed by atoms with Crippen LogP contribution >= 0.6 is 8.60 Å². The number of rotatable bonds is 6. The van der Waals surface area contributed by atoms with E-state index in [1.54, 1.807) is 0 Å². The summed E-state index contributed by atoms with van der Waals surface area (Å²) in [5.41, 5.74) is 1.91. The molecule has 2 aromatic heterocycles. The fourth-order valence-corrected chi connectivity index (χ4v) is 6.03. The predicted molar refractivity (Wildman–Crippen MR) is 124 cm³/mol. The van der Waals surface area contributed by atoms with Crippen molar-refractivity contribution in [3.63, 3.8) is 0 Å². The third-order valence-corrected chi connectivity index (χ3v) is 11.9. The minimum absolute atomic E-state index is 0.0130. The number of aryl methyl sites for hydroxylation is 1. The number of ether oxygens (including phenoxy) is 1. The van der Waals surface area contributed by atoms with E-state index in [0.29, 0.717) is 36.0 Å². The molecular weight excluding hydrogens is 465 g/mol. The van der Waals surface area contributed by atoms with Crippen molar-refractivity contribution in [1.29, 1.82) is 0 Å². The molecule has 0 unspecified atom stereocenters. The van der Waals surface area contributed by atoms with E-state index in [9.17, 15) is 19.7 Å². The molecule has 0 aromatic carbocycles. The van der Waals surface area contributed by atoms with Crippen LogP contribution in [0.5, 0.6) is 0 Å². The van der Waals surface area contributed by atoms with Crippen LogP contribution in [0, 0.1) is 0 Å². The molecule has 0 spiro atoms. The number of carbonyl (C=O) groups is 1. The molecule has 3 heterocycles. The SMILES string of the molecule is CC(C)(C)[Si](C)(C)O[C@@H]1[C@H](OP(O)O)[C@@H](CO)O[C@H]1n1cc2c3c(ncnc31)C(=O)CCC2. The Morgan fingerprint density at radius 1 is 1.24 bits per heavy atom. The first-order valence-corrected chi connectivity index (χ1v) is 15.2. The number of nitrogens with zero attached hydrogens (tertiary/aromatic N) is 3. The lowest BCUT2D eigenvalue weighted by molar-refractivity contribution is -0.0487. The van der Waals surface area contributed by atoms with Gasteiger partial charge < -0.3 is 33.1 Å². The molecular formula is C21H32N3O7PSi. The second kappa shape index (κ2) is 9.05. The van der Waals surface area contributed by atoms with Crippen molar-refractivity contribution in [3.8, 4) is 0 Å². The molecule has 12 heteroatoms. The van der Waals surface area contributed by atoms with Gasteiger partial charge in [-0.2, -0.15) is 0 Å². The Morgan fingerprint density at radius 3 is 2.61 bits per heavy atom. The zero-order valence-electron chi connectivity index (χ0n) is 19.6. The van der Waals surface area contributed by atoms with Crippen LogP contribution in [-0.2, 0) is 20.1 Å². The maximum absolute atomic E-state index is 12.6. The molecule has 3 N–H and O–H groups in total. The summed E-state index contributed by atoms with van der Waals surface area (Å²) < 4.78 is 20.1. The van der Waals surface area contributed by atoms with Crippen LogP contribution in [0.1, 0.15) is 55.9 Å². The molecule has 4 atom stereocenters. The van der Waals surface area contributed by atoms with Gasteiger partial charge in [-0.1, -0.05) is 20.8 Å². The first-order chi connectivity index (χ1) is 15.4. The molecule has 1 aliphatic heterocycles. The summed E-state index contributed by atoms with van der Waals surface area (Å²) in [4.78, 5) is 40.6. The quantitative estimate of drug-likeness (QED) is 0.406. The monoisotopic (exact) mass is 497 g/mol. The number of aliphatic hydroxyl groups is 1. The summed E-state index contributed by atoms with van der Waals surface area (Å²) in [6, 6.07) is 0. The number of hydrogen-bond donors (Lipinski definition) is 3. The Balaban J connectivity index is 1.83. The Kier molecular flexibility index (Phi) is 6.80. The maximum atomic E-state index is 12.6. The zero-order valence-corrected chi connectivity index (χ0v) is 21.5. The highest BCUT2D eigenvalue weighted by atomic mass is 31.2. The van der Waals surface area contributed by atoms with E-state index >= 15 is 0 Å². The zero-order chi connectivity index (χ0) is 24.1. The Bertz CT molecular complexity index is 1040. The summed E-state index contributed by atoms with van der Waals surface area (Å²) in [7, 11) is -5.06. The van der Waals surface area contributed by atoms with E-state index in [2.05, 4.69) is 43.8 Å². The normalized spacial score (nSPS) is 26.4. The predicted octanol–water partition coefficient (Wildman–Crippen LogP) is 2.83. The van der Waals surface area contributed by atoms with E-state index in [1.165, 1.54) is 6.33 Å². The fourth-order valence-electron chi connectivity index (χ4n) is 4.27. The molecule has 4 rings (SSSR count). The second-order valence-electron chi connectivity index (χ2n) is 10.2. The van der Waals surface area contributed by atoms with Crippen molar-refractivity contribution in [1.82, 2.24) is 14.5 Å². The molecule has 33 heavy (non-hydrogen) atoms. The van der Waals surface area contributed by atoms with Gasteiger partial charge in [0, 0.05) is 12.6 Å². The highest BCUT2D eigenvalue weighted by molar-refractivity contribution is 7.39. The number of Topliss-reactive ketones (excluding diaryl/α,β-unsaturated/α-hetero) is 1. The van der Waals surface area contributed by atoms with Gasteiger partial charge in [0.2, 0.25) is 0 Å². The van der Waals surface area contributed by atoms with Crippen LogP contribution in [0.2, 0.25) is 18.1 Å². The van der Waals surface area contributed by atoms with Gasteiger partial charge in [0.25, 0.3) is 0 Å². The van der Waals surface area contributed by atoms with Crippen molar-refractivity contribution in [2.45, 2.75) is 82.7 Å². The third-order valence-electron chi connectivity index (χ3n) is 6.99. The topological polar surface area (TPSA) is 136 Å². The maximum Gasteiger partial charge on any atom is 0.327 e. The van der Waals surface area contributed by atoms with Crippen LogP contribution in [0.15, 0.2) is 12.5 Å². The minimum Gasteiger partial charge on any atom is -0.407 e. The van der Waals surface area contributed by atoms with Crippen LogP contribution in [-0.4, -0.2) is 68.4 Å². The molecule has 0 radical (unpaired) electrons. The number of ketones is 1. The van der Waals surface area contributed by atoms with E-state index in [4.69, 9.17) is 13.7 Å². The Morgan fingerprint density at radius 2 is 1.97 bits per heavy atom. The summed E-state index contributed by atoms with van der Waals surface area (Å²) in [5, 5.41) is 10.6. The fraction of sp³-hybridized carbons (Fsp3) is 0.667. The average Bonchev–Trinajstić information content (AvgIpc) is 3.19. The van der Waals surface area contributed by atoms with Crippen LogP contribution in [0.3, 0.4) is 0 Å². The van der Waals surface area contributed by atoms with Gasteiger partial charge in [-0.15, -0.1) is 0 Å². The molecule has 182 valence electrons. The molecule has 1 aliphatic carbocycles. The van der Waals surface area contributed by atoms with Crippen LogP contribution in [0.4, 0.5) is 0 Å². The summed E-state index contributed by atoms with van der Waals surface area (Å²) in [6.07, 6.45) is 1.95. The Hall–Kier alpha value is -1.30. The number of aromatic nitrogens is 3. The number of hydrogen-bond acceptors (Lipinski definition) is 9.